The zero-order valence-corrected chi connectivity index (χ0v) is 10.4. The van der Waals surface area contributed by atoms with Crippen molar-refractivity contribution in [3.8, 4) is 0 Å². The van der Waals surface area contributed by atoms with E-state index < -0.39 is 5.60 Å². The predicted octanol–water partition coefficient (Wildman–Crippen LogP) is 1.16. The number of aromatic nitrogens is 3. The Bertz CT molecular complexity index is 414. The van der Waals surface area contributed by atoms with E-state index in [1.807, 2.05) is 0 Å². The second-order valence-corrected chi connectivity index (χ2v) is 5.89. The molecule has 1 heterocycles. The normalized spacial score (nSPS) is 16.7. The van der Waals surface area contributed by atoms with Crippen LogP contribution < -0.4 is 5.69 Å². The zero-order valence-electron chi connectivity index (χ0n) is 9.56. The number of aliphatic hydroxyl groups is 1. The quantitative estimate of drug-likeness (QED) is 0.761. The maximum atomic E-state index is 11.5. The summed E-state index contributed by atoms with van der Waals surface area (Å²) in [5.41, 5.74) is -0.776. The van der Waals surface area contributed by atoms with Crippen LogP contribution in [-0.4, -0.2) is 31.2 Å². The van der Waals surface area contributed by atoms with Gasteiger partial charge in [-0.1, -0.05) is 11.8 Å². The van der Waals surface area contributed by atoms with Crippen LogP contribution in [0.3, 0.4) is 0 Å². The fourth-order valence-electron chi connectivity index (χ4n) is 1.44. The average Bonchev–Trinajstić information content (AvgIpc) is 2.91. The van der Waals surface area contributed by atoms with E-state index in [2.05, 4.69) is 10.2 Å². The second-order valence-electron chi connectivity index (χ2n) is 4.82. The average molecular weight is 243 g/mol. The molecule has 1 fully saturated rings. The zero-order chi connectivity index (χ0) is 11.8. The Morgan fingerprint density at radius 1 is 1.62 bits per heavy atom. The predicted molar refractivity (Wildman–Crippen MR) is 62.8 cm³/mol. The van der Waals surface area contributed by atoms with Crippen LogP contribution in [0, 0.1) is 0 Å². The molecule has 0 radical (unpaired) electrons. The molecule has 1 aromatic heterocycles. The van der Waals surface area contributed by atoms with E-state index in [9.17, 15) is 9.90 Å². The van der Waals surface area contributed by atoms with Gasteiger partial charge in [0.25, 0.3) is 0 Å². The first kappa shape index (κ1) is 11.7. The largest absolute Gasteiger partial charge is 0.390 e. The molecule has 0 aliphatic heterocycles. The lowest BCUT2D eigenvalue weighted by Gasteiger charge is -2.15. The molecule has 0 atom stereocenters. The van der Waals surface area contributed by atoms with Crippen molar-refractivity contribution in [3.63, 3.8) is 0 Å². The van der Waals surface area contributed by atoms with Crippen molar-refractivity contribution in [1.82, 2.24) is 14.8 Å². The highest BCUT2D eigenvalue weighted by Crippen LogP contribution is 2.36. The van der Waals surface area contributed by atoms with Crippen molar-refractivity contribution in [2.24, 2.45) is 0 Å². The first-order valence-electron chi connectivity index (χ1n) is 5.49. The van der Waals surface area contributed by atoms with Gasteiger partial charge in [-0.05, 0) is 33.1 Å². The smallest absolute Gasteiger partial charge is 0.344 e. The molecule has 6 heteroatoms. The molecule has 2 rings (SSSR count). The minimum atomic E-state index is -0.659. The molecule has 0 aromatic carbocycles. The molecule has 0 saturated heterocycles. The summed E-state index contributed by atoms with van der Waals surface area (Å²) < 4.78 is 1.73. The van der Waals surface area contributed by atoms with Gasteiger partial charge in [0.2, 0.25) is 0 Å². The molecule has 1 aliphatic rings. The third-order valence-electron chi connectivity index (χ3n) is 2.53. The first-order chi connectivity index (χ1) is 7.47. The van der Waals surface area contributed by atoms with Crippen LogP contribution in [0.5, 0.6) is 0 Å². The monoisotopic (exact) mass is 243 g/mol. The molecule has 1 saturated carbocycles. The molecule has 5 nitrogen and oxygen atoms in total. The number of aromatic amines is 1. The maximum Gasteiger partial charge on any atom is 0.344 e. The molecular weight excluding hydrogens is 226 g/mol. The summed E-state index contributed by atoms with van der Waals surface area (Å²) in [4.78, 5) is 11.5. The van der Waals surface area contributed by atoms with Crippen molar-refractivity contribution in [3.05, 3.63) is 10.5 Å². The summed E-state index contributed by atoms with van der Waals surface area (Å²) in [6.07, 6.45) is 2.82. The van der Waals surface area contributed by atoms with Gasteiger partial charge in [0.15, 0.2) is 5.16 Å². The van der Waals surface area contributed by atoms with Gasteiger partial charge in [-0.15, -0.1) is 5.10 Å². The highest BCUT2D eigenvalue weighted by Gasteiger charge is 2.28. The van der Waals surface area contributed by atoms with Crippen molar-refractivity contribution >= 4 is 11.8 Å². The highest BCUT2D eigenvalue weighted by molar-refractivity contribution is 7.99. The number of thioether (sulfide) groups is 1. The van der Waals surface area contributed by atoms with Crippen molar-refractivity contribution < 1.29 is 5.11 Å². The van der Waals surface area contributed by atoms with Gasteiger partial charge in [-0.2, -0.15) is 0 Å². The summed E-state index contributed by atoms with van der Waals surface area (Å²) in [7, 11) is 0. The summed E-state index contributed by atoms with van der Waals surface area (Å²) in [5.74, 6) is 0.764. The van der Waals surface area contributed by atoms with Gasteiger partial charge in [0, 0.05) is 11.8 Å². The van der Waals surface area contributed by atoms with E-state index in [4.69, 9.17) is 0 Å². The van der Waals surface area contributed by atoms with Gasteiger partial charge in [-0.25, -0.2) is 9.89 Å². The molecule has 0 unspecified atom stereocenters. The summed E-state index contributed by atoms with van der Waals surface area (Å²) in [5, 5.41) is 16.8. The molecule has 16 heavy (non-hydrogen) atoms. The third kappa shape index (κ3) is 2.89. The summed E-state index contributed by atoms with van der Waals surface area (Å²) in [6.45, 7) is 3.57. The number of H-pyrrole nitrogens is 1. The molecule has 0 amide bonds. The van der Waals surface area contributed by atoms with E-state index in [0.717, 1.165) is 23.8 Å². The van der Waals surface area contributed by atoms with Crippen LogP contribution >= 0.6 is 11.8 Å². The lowest BCUT2D eigenvalue weighted by Crippen LogP contribution is -2.19. The SMILES string of the molecule is CC(C)(O)CCSc1n[nH]c(=O)n1C1CC1. The van der Waals surface area contributed by atoms with E-state index in [1.54, 1.807) is 18.4 Å². The second kappa shape index (κ2) is 4.25. The minimum Gasteiger partial charge on any atom is -0.390 e. The van der Waals surface area contributed by atoms with Crippen LogP contribution in [-0.2, 0) is 0 Å². The number of nitrogens with one attached hydrogen (secondary N) is 1. The van der Waals surface area contributed by atoms with Crippen molar-refractivity contribution in [2.75, 3.05) is 5.75 Å². The number of nitrogens with zero attached hydrogens (tertiary/aromatic N) is 2. The van der Waals surface area contributed by atoms with Crippen molar-refractivity contribution in [2.45, 2.75) is 49.9 Å². The van der Waals surface area contributed by atoms with E-state index in [0.29, 0.717) is 12.5 Å². The van der Waals surface area contributed by atoms with Gasteiger partial charge in [-0.3, -0.25) is 4.57 Å². The Balaban J connectivity index is 1.97. The maximum absolute atomic E-state index is 11.5. The Hall–Kier alpha value is -0.750. The highest BCUT2D eigenvalue weighted by atomic mass is 32.2. The first-order valence-corrected chi connectivity index (χ1v) is 6.48. The van der Waals surface area contributed by atoms with Gasteiger partial charge in [0.05, 0.1) is 5.60 Å². The van der Waals surface area contributed by atoms with Gasteiger partial charge < -0.3 is 5.11 Å². The van der Waals surface area contributed by atoms with Crippen molar-refractivity contribution in [1.29, 1.82) is 0 Å². The van der Waals surface area contributed by atoms with Crippen LogP contribution in [0.1, 0.15) is 39.2 Å². The molecule has 0 bridgehead atoms. The fraction of sp³-hybridized carbons (Fsp3) is 0.800. The Kier molecular flexibility index (Phi) is 3.12. The minimum absolute atomic E-state index is 0.117. The number of hydrogen-bond acceptors (Lipinski definition) is 4. The standard InChI is InChI=1S/C10H17N3O2S/c1-10(2,15)5-6-16-9-12-11-8(14)13(9)7-3-4-7/h7,15H,3-6H2,1-2H3,(H,11,14). The fourth-order valence-corrected chi connectivity index (χ4v) is 2.70. The van der Waals surface area contributed by atoms with Crippen LogP contribution in [0.4, 0.5) is 0 Å². The van der Waals surface area contributed by atoms with Gasteiger partial charge >= 0.3 is 5.69 Å². The third-order valence-corrected chi connectivity index (χ3v) is 3.48. The molecule has 90 valence electrons. The molecule has 1 aromatic rings. The Morgan fingerprint density at radius 2 is 2.31 bits per heavy atom. The van der Waals surface area contributed by atoms with E-state index >= 15 is 0 Å². The lowest BCUT2D eigenvalue weighted by molar-refractivity contribution is 0.0777. The summed E-state index contributed by atoms with van der Waals surface area (Å²) >= 11 is 1.52. The topological polar surface area (TPSA) is 70.9 Å². The van der Waals surface area contributed by atoms with E-state index in [1.165, 1.54) is 11.8 Å². The molecule has 1 aliphatic carbocycles. The molecular formula is C10H17N3O2S. The number of hydrogen-bond donors (Lipinski definition) is 2. The lowest BCUT2D eigenvalue weighted by atomic mass is 10.1. The number of rotatable bonds is 5. The Labute approximate surface area is 98.3 Å². The van der Waals surface area contributed by atoms with E-state index in [-0.39, 0.29) is 5.69 Å². The van der Waals surface area contributed by atoms with Crippen LogP contribution in [0.2, 0.25) is 0 Å². The van der Waals surface area contributed by atoms with Crippen LogP contribution in [0.15, 0.2) is 9.95 Å². The van der Waals surface area contributed by atoms with Gasteiger partial charge in [0.1, 0.15) is 0 Å². The Morgan fingerprint density at radius 3 is 2.88 bits per heavy atom. The molecule has 0 spiro atoms. The molecule has 2 N–H and O–H groups in total. The summed E-state index contributed by atoms with van der Waals surface area (Å²) in [6, 6.07) is 0.343. The van der Waals surface area contributed by atoms with Crippen LogP contribution in [0.25, 0.3) is 0 Å².